The smallest absolute Gasteiger partial charge is 0.253 e. The van der Waals surface area contributed by atoms with Gasteiger partial charge in [0, 0.05) is 55.5 Å². The van der Waals surface area contributed by atoms with Crippen LogP contribution < -0.4 is 0 Å². The Morgan fingerprint density at radius 1 is 1.18 bits per heavy atom. The third kappa shape index (κ3) is 4.10. The largest absolute Gasteiger partial charge is 0.374 e. The monoisotopic (exact) mass is 297 g/mol. The van der Waals surface area contributed by atoms with Crippen molar-refractivity contribution >= 4 is 17.4 Å². The standard InChI is InChI=1S/C15H15N5O2/c1-12(21)6-7-19-8-10-20(11-9-19)15(22)13-2-4-14(5-3-13)17-18-16/h1-7H,8-11H2/b7-6+. The topological polar surface area (TPSA) is 89.4 Å². The fraction of sp³-hybridized carbons (Fsp3) is 0.267. The lowest BCUT2D eigenvalue weighted by Gasteiger charge is -2.34. The molecule has 0 aromatic heterocycles. The van der Waals surface area contributed by atoms with Crippen molar-refractivity contribution in [3.8, 4) is 0 Å². The van der Waals surface area contributed by atoms with Crippen molar-refractivity contribution in [1.82, 2.24) is 9.80 Å². The molecule has 22 heavy (non-hydrogen) atoms. The third-order valence-electron chi connectivity index (χ3n) is 3.33. The Labute approximate surface area is 128 Å². The molecule has 1 saturated heterocycles. The Kier molecular flexibility index (Phi) is 5.16. The molecule has 1 fully saturated rings. The number of benzene rings is 1. The van der Waals surface area contributed by atoms with E-state index < -0.39 is 5.78 Å². The van der Waals surface area contributed by atoms with Crippen LogP contribution in [0.15, 0.2) is 41.7 Å². The number of hydrogen-bond acceptors (Lipinski definition) is 4. The first-order chi connectivity index (χ1) is 10.6. The SMILES string of the molecule is [CH]C(=O)/C=C/N1CCN(C(=O)c2ccc(N=[N+]=[N-])cc2)CC1. The van der Waals surface area contributed by atoms with Crippen molar-refractivity contribution in [3.05, 3.63) is 59.5 Å². The number of allylic oxidation sites excluding steroid dienone is 1. The predicted octanol–water partition coefficient (Wildman–Crippen LogP) is 2.18. The van der Waals surface area contributed by atoms with Crippen molar-refractivity contribution < 1.29 is 9.59 Å². The fourth-order valence-electron chi connectivity index (χ4n) is 2.16. The molecule has 2 radical (unpaired) electrons. The second-order valence-corrected chi connectivity index (χ2v) is 4.78. The zero-order chi connectivity index (χ0) is 15.9. The number of ketones is 1. The number of hydrogen-bond donors (Lipinski definition) is 0. The van der Waals surface area contributed by atoms with Crippen LogP contribution in [0, 0.1) is 6.92 Å². The molecular weight excluding hydrogens is 282 g/mol. The van der Waals surface area contributed by atoms with Crippen LogP contribution in [0.2, 0.25) is 0 Å². The molecule has 1 heterocycles. The first kappa shape index (κ1) is 15.6. The van der Waals surface area contributed by atoms with Gasteiger partial charge in [0.2, 0.25) is 0 Å². The lowest BCUT2D eigenvalue weighted by atomic mass is 10.1. The number of amides is 1. The summed E-state index contributed by atoms with van der Waals surface area (Å²) in [5.74, 6) is -0.551. The van der Waals surface area contributed by atoms with Crippen molar-refractivity contribution in [2.45, 2.75) is 0 Å². The number of piperazine rings is 1. The lowest BCUT2D eigenvalue weighted by molar-refractivity contribution is -0.110. The highest BCUT2D eigenvalue weighted by Crippen LogP contribution is 2.15. The molecule has 112 valence electrons. The van der Waals surface area contributed by atoms with Crippen LogP contribution in [0.4, 0.5) is 5.69 Å². The van der Waals surface area contributed by atoms with Gasteiger partial charge < -0.3 is 9.80 Å². The molecule has 0 N–H and O–H groups in total. The highest BCUT2D eigenvalue weighted by atomic mass is 16.2. The Bertz CT molecular complexity index is 624. The maximum atomic E-state index is 12.4. The molecular formula is C15H15N5O2. The molecule has 0 spiro atoms. The fourth-order valence-corrected chi connectivity index (χ4v) is 2.16. The van der Waals surface area contributed by atoms with Gasteiger partial charge in [-0.25, -0.2) is 0 Å². The summed E-state index contributed by atoms with van der Waals surface area (Å²) < 4.78 is 0. The second kappa shape index (κ2) is 7.28. The molecule has 7 heteroatoms. The summed E-state index contributed by atoms with van der Waals surface area (Å²) in [4.78, 5) is 29.4. The zero-order valence-corrected chi connectivity index (χ0v) is 11.9. The summed E-state index contributed by atoms with van der Waals surface area (Å²) in [6.07, 6.45) is 2.96. The minimum Gasteiger partial charge on any atom is -0.374 e. The normalized spacial score (nSPS) is 14.8. The van der Waals surface area contributed by atoms with Gasteiger partial charge in [0.1, 0.15) is 0 Å². The molecule has 7 nitrogen and oxygen atoms in total. The number of nitrogens with zero attached hydrogens (tertiary/aromatic N) is 5. The Morgan fingerprint density at radius 3 is 2.36 bits per heavy atom. The first-order valence-corrected chi connectivity index (χ1v) is 6.76. The average Bonchev–Trinajstić information content (AvgIpc) is 2.54. The summed E-state index contributed by atoms with van der Waals surface area (Å²) in [7, 11) is 0. The summed E-state index contributed by atoms with van der Waals surface area (Å²) in [6.45, 7) is 7.48. The van der Waals surface area contributed by atoms with Crippen LogP contribution in [-0.4, -0.2) is 47.7 Å². The Hall–Kier alpha value is -2.79. The van der Waals surface area contributed by atoms with Crippen LogP contribution in [0.25, 0.3) is 10.4 Å². The number of carbonyl (C=O) groups is 2. The van der Waals surface area contributed by atoms with Gasteiger partial charge in [-0.3, -0.25) is 9.59 Å². The van der Waals surface area contributed by atoms with Crippen molar-refractivity contribution in [1.29, 1.82) is 0 Å². The van der Waals surface area contributed by atoms with E-state index in [-0.39, 0.29) is 5.91 Å². The number of azide groups is 1. The third-order valence-corrected chi connectivity index (χ3v) is 3.33. The maximum Gasteiger partial charge on any atom is 0.253 e. The second-order valence-electron chi connectivity index (χ2n) is 4.78. The number of carbonyl (C=O) groups excluding carboxylic acids is 2. The van der Waals surface area contributed by atoms with Gasteiger partial charge in [0.15, 0.2) is 5.78 Å². The molecule has 0 atom stereocenters. The molecule has 1 aromatic carbocycles. The average molecular weight is 297 g/mol. The van der Waals surface area contributed by atoms with Gasteiger partial charge in [0.05, 0.1) is 0 Å². The van der Waals surface area contributed by atoms with E-state index in [9.17, 15) is 9.59 Å². The Morgan fingerprint density at radius 2 is 1.82 bits per heavy atom. The lowest BCUT2D eigenvalue weighted by Crippen LogP contribution is -2.46. The Balaban J connectivity index is 1.94. The van der Waals surface area contributed by atoms with E-state index >= 15 is 0 Å². The summed E-state index contributed by atoms with van der Waals surface area (Å²) in [5.41, 5.74) is 9.38. The van der Waals surface area contributed by atoms with E-state index in [1.165, 1.54) is 6.08 Å². The zero-order valence-electron chi connectivity index (χ0n) is 11.9. The molecule has 0 unspecified atom stereocenters. The van der Waals surface area contributed by atoms with E-state index in [0.717, 1.165) is 0 Å². The van der Waals surface area contributed by atoms with Crippen LogP contribution in [0.3, 0.4) is 0 Å². The van der Waals surface area contributed by atoms with Crippen molar-refractivity contribution in [3.63, 3.8) is 0 Å². The molecule has 1 aliphatic heterocycles. The molecule has 0 bridgehead atoms. The van der Waals surface area contributed by atoms with E-state index in [4.69, 9.17) is 12.5 Å². The summed E-state index contributed by atoms with van der Waals surface area (Å²) in [5, 5.41) is 3.47. The van der Waals surface area contributed by atoms with Gasteiger partial charge in [-0.2, -0.15) is 0 Å². The van der Waals surface area contributed by atoms with Gasteiger partial charge in [-0.15, -0.1) is 0 Å². The molecule has 1 aromatic rings. The summed E-state index contributed by atoms with van der Waals surface area (Å²) >= 11 is 0. The molecule has 0 aliphatic carbocycles. The van der Waals surface area contributed by atoms with Gasteiger partial charge in [0.25, 0.3) is 5.91 Å². The van der Waals surface area contributed by atoms with Crippen LogP contribution in [-0.2, 0) is 4.79 Å². The molecule has 1 aliphatic rings. The van der Waals surface area contributed by atoms with Crippen LogP contribution >= 0.6 is 0 Å². The van der Waals surface area contributed by atoms with Gasteiger partial charge >= 0.3 is 0 Å². The van der Waals surface area contributed by atoms with E-state index in [1.807, 2.05) is 4.90 Å². The van der Waals surface area contributed by atoms with Crippen LogP contribution in [0.5, 0.6) is 0 Å². The summed E-state index contributed by atoms with van der Waals surface area (Å²) in [6, 6.07) is 6.51. The van der Waals surface area contributed by atoms with E-state index in [1.54, 1.807) is 35.4 Å². The predicted molar refractivity (Wildman–Crippen MR) is 81.2 cm³/mol. The minimum absolute atomic E-state index is 0.0639. The van der Waals surface area contributed by atoms with Crippen LogP contribution in [0.1, 0.15) is 10.4 Å². The first-order valence-electron chi connectivity index (χ1n) is 6.76. The van der Waals surface area contributed by atoms with Crippen molar-refractivity contribution in [2.75, 3.05) is 26.2 Å². The van der Waals surface area contributed by atoms with Gasteiger partial charge in [-0.1, -0.05) is 17.2 Å². The highest BCUT2D eigenvalue weighted by molar-refractivity contribution is 5.94. The van der Waals surface area contributed by atoms with Gasteiger partial charge in [-0.05, 0) is 23.7 Å². The quantitative estimate of drug-likeness (QED) is 0.369. The maximum absolute atomic E-state index is 12.4. The minimum atomic E-state index is -0.487. The molecule has 0 saturated carbocycles. The molecule has 1 amide bonds. The van der Waals surface area contributed by atoms with Crippen molar-refractivity contribution in [2.24, 2.45) is 5.11 Å². The van der Waals surface area contributed by atoms with E-state index in [0.29, 0.717) is 37.4 Å². The van der Waals surface area contributed by atoms with E-state index in [2.05, 4.69) is 10.0 Å². The molecule has 2 rings (SSSR count). The number of rotatable bonds is 4. The highest BCUT2D eigenvalue weighted by Gasteiger charge is 2.20.